The van der Waals surface area contributed by atoms with E-state index in [0.29, 0.717) is 11.4 Å². The molecule has 4 aliphatic rings. The number of amides is 5. The van der Waals surface area contributed by atoms with Crippen molar-refractivity contribution in [3.05, 3.63) is 0 Å². The number of hydrazine groups is 1. The molecular weight excluding hydrogens is 555 g/mol. The number of nitrogens with one attached hydrogen (secondary N) is 3. The molecule has 3 N–H and O–H groups in total. The van der Waals surface area contributed by atoms with Gasteiger partial charge in [-0.05, 0) is 36.0 Å². The minimum Gasteiger partial charge on any atom is -0.353 e. The summed E-state index contributed by atoms with van der Waals surface area (Å²) in [6.45, 7) is 10.5. The molecule has 2 aliphatic carbocycles. The molecule has 224 valence electrons. The Hall–Kier alpha value is -2.57. The molecule has 4 fully saturated rings. The summed E-state index contributed by atoms with van der Waals surface area (Å²) < 4.78 is 41.0. The highest BCUT2D eigenvalue weighted by atomic mass is 35.5. The van der Waals surface area contributed by atoms with E-state index in [1.807, 2.05) is 13.8 Å². The predicted molar refractivity (Wildman–Crippen MR) is 137 cm³/mol. The highest BCUT2D eigenvalue weighted by Gasteiger charge is 2.70. The van der Waals surface area contributed by atoms with Crippen LogP contribution in [0.4, 0.5) is 13.2 Å². The molecule has 0 aromatic carbocycles. The predicted octanol–water partition coefficient (Wildman–Crippen LogP) is 1.57. The van der Waals surface area contributed by atoms with E-state index in [9.17, 15) is 37.1 Å². The Balaban J connectivity index is 1.56. The molecule has 4 rings (SSSR count). The molecule has 40 heavy (non-hydrogen) atoms. The fraction of sp³-hybridized carbons (Fsp3) is 0.808. The van der Waals surface area contributed by atoms with Gasteiger partial charge in [0.1, 0.15) is 18.0 Å². The van der Waals surface area contributed by atoms with Gasteiger partial charge in [0, 0.05) is 19.0 Å². The van der Waals surface area contributed by atoms with Crippen LogP contribution >= 0.6 is 11.6 Å². The third-order valence-corrected chi connectivity index (χ3v) is 8.99. The molecular formula is C26H37ClF3N5O5. The first-order chi connectivity index (χ1) is 18.3. The van der Waals surface area contributed by atoms with Gasteiger partial charge in [-0.3, -0.25) is 29.4 Å². The zero-order valence-corrected chi connectivity index (χ0v) is 24.2. The number of hydrogen-bond donors (Lipinski definition) is 3. The van der Waals surface area contributed by atoms with Gasteiger partial charge in [0.05, 0.1) is 12.5 Å². The van der Waals surface area contributed by atoms with Gasteiger partial charge in [-0.2, -0.15) is 0 Å². The van der Waals surface area contributed by atoms with Gasteiger partial charge in [0.15, 0.2) is 0 Å². The maximum absolute atomic E-state index is 13.9. The summed E-state index contributed by atoms with van der Waals surface area (Å²) in [4.78, 5) is 66.2. The molecule has 14 heteroatoms. The Morgan fingerprint density at radius 2 is 1.80 bits per heavy atom. The maximum Gasteiger partial charge on any atom is 0.291 e. The topological polar surface area (TPSA) is 128 Å². The van der Waals surface area contributed by atoms with Crippen molar-refractivity contribution in [3.63, 3.8) is 0 Å². The Bertz CT molecular complexity index is 1110. The molecule has 8 atom stereocenters. The lowest BCUT2D eigenvalue weighted by Crippen LogP contribution is -2.61. The number of carbonyl (C=O) groups is 5. The molecule has 0 aromatic heterocycles. The van der Waals surface area contributed by atoms with Crippen molar-refractivity contribution in [3.8, 4) is 0 Å². The van der Waals surface area contributed by atoms with Crippen molar-refractivity contribution >= 4 is 41.1 Å². The molecule has 2 heterocycles. The Morgan fingerprint density at radius 3 is 2.27 bits per heavy atom. The second-order valence-corrected chi connectivity index (χ2v) is 13.7. The van der Waals surface area contributed by atoms with Crippen molar-refractivity contribution in [1.82, 2.24) is 26.0 Å². The van der Waals surface area contributed by atoms with E-state index in [2.05, 4.69) is 16.1 Å². The van der Waals surface area contributed by atoms with E-state index in [0.717, 1.165) is 0 Å². The number of hydrogen-bond acceptors (Lipinski definition) is 5. The van der Waals surface area contributed by atoms with Crippen LogP contribution in [0.2, 0.25) is 0 Å². The van der Waals surface area contributed by atoms with E-state index < -0.39 is 70.9 Å². The Kier molecular flexibility index (Phi) is 7.64. The largest absolute Gasteiger partial charge is 0.353 e. The number of carbonyl (C=O) groups excluding carboxylic acids is 5. The van der Waals surface area contributed by atoms with Gasteiger partial charge in [0.25, 0.3) is 23.4 Å². The van der Waals surface area contributed by atoms with E-state index in [1.165, 1.54) is 4.90 Å². The van der Waals surface area contributed by atoms with Gasteiger partial charge in [0.2, 0.25) is 17.7 Å². The molecule has 10 nitrogen and oxygen atoms in total. The number of piperidine rings is 1. The molecule has 2 saturated heterocycles. The van der Waals surface area contributed by atoms with Crippen LogP contribution in [0.3, 0.4) is 0 Å². The maximum atomic E-state index is 13.9. The van der Waals surface area contributed by atoms with E-state index in [-0.39, 0.29) is 42.3 Å². The molecule has 0 unspecified atom stereocenters. The lowest BCUT2D eigenvalue weighted by Gasteiger charge is -2.38. The highest BCUT2D eigenvalue weighted by Crippen LogP contribution is 2.65. The lowest BCUT2D eigenvalue weighted by molar-refractivity contribution is -0.151. The number of fused-ring (bicyclic) bond motifs is 1. The minimum atomic E-state index is -3.11. The summed E-state index contributed by atoms with van der Waals surface area (Å²) in [6.07, 6.45) is -0.231. The molecule has 0 aromatic rings. The molecule has 0 radical (unpaired) electrons. The number of rotatable bonds is 7. The van der Waals surface area contributed by atoms with Crippen LogP contribution in [0.5, 0.6) is 0 Å². The number of likely N-dealkylation sites (tertiary alicyclic amines) is 1. The highest BCUT2D eigenvalue weighted by molar-refractivity contribution is 6.29. The molecule has 0 bridgehead atoms. The van der Waals surface area contributed by atoms with Gasteiger partial charge in [-0.1, -0.05) is 46.2 Å². The average Bonchev–Trinajstić information content (AvgIpc) is 3.42. The fourth-order valence-electron chi connectivity index (χ4n) is 6.21. The normalized spacial score (nSPS) is 32.9. The van der Waals surface area contributed by atoms with Gasteiger partial charge in [-0.15, -0.1) is 0 Å². The van der Waals surface area contributed by atoms with Crippen LogP contribution in [0.15, 0.2) is 0 Å². The van der Waals surface area contributed by atoms with E-state index in [1.54, 1.807) is 27.7 Å². The smallest absolute Gasteiger partial charge is 0.291 e. The van der Waals surface area contributed by atoms with Crippen LogP contribution in [0, 0.1) is 34.5 Å². The second kappa shape index (κ2) is 10.1. The second-order valence-electron chi connectivity index (χ2n) is 13.3. The third kappa shape index (κ3) is 5.62. The van der Waals surface area contributed by atoms with Crippen molar-refractivity contribution in [1.29, 1.82) is 0 Å². The fourth-order valence-corrected chi connectivity index (χ4v) is 6.33. The van der Waals surface area contributed by atoms with Crippen LogP contribution in [0.25, 0.3) is 0 Å². The monoisotopic (exact) mass is 591 g/mol. The number of alkyl halides is 4. The number of halogens is 4. The summed E-state index contributed by atoms with van der Waals surface area (Å²) in [5.41, 5.74) is -1.28. The standard InChI is InChI=1S/C26H37ClF3N5O5/c1-11-7-12(19(36)31-11)9-35(23(40)18(27)28)33-21(38)16-15-14(25(15,5)6)10-34(16)22(39)17(24(2,3)4)32-20(37)13-8-26(13,29)30/h11-18H,7-10H2,1-6H3,(H,31,36)(H,32,37)(H,33,38)/t11-,12-,13-,14-,15-,16-,17+,18-/m0/s1. The molecule has 2 saturated carbocycles. The van der Waals surface area contributed by atoms with Crippen LogP contribution in [0.1, 0.15) is 54.4 Å². The summed E-state index contributed by atoms with van der Waals surface area (Å²) in [5.74, 6) is -9.61. The first kappa shape index (κ1) is 30.4. The SMILES string of the molecule is C[C@H]1C[C@@H](CN(NC(=O)[C@@H]2[C@@H]3[C@H](CN2C(=O)[C@@H](NC(=O)[C@@H]2CC2(F)F)C(C)(C)C)C3(C)C)C(=O)[C@H](F)Cl)C(=O)N1. The minimum absolute atomic E-state index is 0.0659. The van der Waals surface area contributed by atoms with Crippen molar-refractivity contribution in [2.24, 2.45) is 34.5 Å². The Morgan fingerprint density at radius 1 is 1.20 bits per heavy atom. The van der Waals surface area contributed by atoms with Crippen molar-refractivity contribution in [2.75, 3.05) is 13.1 Å². The summed E-state index contributed by atoms with van der Waals surface area (Å²) >= 11 is 5.40. The van der Waals surface area contributed by atoms with Crippen LogP contribution < -0.4 is 16.1 Å². The Labute approximate surface area is 236 Å². The summed E-state index contributed by atoms with van der Waals surface area (Å²) in [6, 6.07) is -2.46. The number of nitrogens with zero attached hydrogens (tertiary/aromatic N) is 2. The van der Waals surface area contributed by atoms with Crippen molar-refractivity contribution in [2.45, 2.75) is 84.1 Å². The molecule has 0 spiro atoms. The van der Waals surface area contributed by atoms with Crippen LogP contribution in [-0.4, -0.2) is 82.2 Å². The average molecular weight is 592 g/mol. The molecule has 2 aliphatic heterocycles. The first-order valence-electron chi connectivity index (χ1n) is 13.5. The van der Waals surface area contributed by atoms with E-state index >= 15 is 0 Å². The quantitative estimate of drug-likeness (QED) is 0.306. The third-order valence-electron chi connectivity index (χ3n) is 8.80. The first-order valence-corrected chi connectivity index (χ1v) is 13.9. The van der Waals surface area contributed by atoms with Gasteiger partial charge in [-0.25, -0.2) is 18.2 Å². The zero-order chi connectivity index (χ0) is 30.1. The van der Waals surface area contributed by atoms with E-state index in [4.69, 9.17) is 11.6 Å². The molecule has 5 amide bonds. The summed E-state index contributed by atoms with van der Waals surface area (Å²) in [7, 11) is 0. The lowest BCUT2D eigenvalue weighted by atomic mass is 9.85. The van der Waals surface area contributed by atoms with Gasteiger partial charge >= 0.3 is 0 Å². The zero-order valence-electron chi connectivity index (χ0n) is 23.4. The van der Waals surface area contributed by atoms with Gasteiger partial charge < -0.3 is 15.5 Å². The van der Waals surface area contributed by atoms with Crippen LogP contribution in [-0.2, 0) is 24.0 Å². The van der Waals surface area contributed by atoms with Crippen molar-refractivity contribution < 1.29 is 37.1 Å². The summed E-state index contributed by atoms with van der Waals surface area (Å²) in [5, 5.41) is 5.86.